The number of unbranched alkanes of at least 4 members (excludes halogenated alkanes) is 1. The van der Waals surface area contributed by atoms with E-state index in [9.17, 15) is 0 Å². The Balaban J connectivity index is 0.00000338. The first kappa shape index (κ1) is 23.2. The van der Waals surface area contributed by atoms with Crippen molar-refractivity contribution < 1.29 is 4.74 Å². The standard InChI is InChI=1S/C20H34N4O.HI/c1-4-6-10-22-20(21-5-2)23-16-19(24-11-13-25-14-12-24)18-9-7-8-17(3)15-18;/h7-9,15,19H,4-6,10-14,16H2,1-3H3,(H2,21,22,23);1H. The van der Waals surface area contributed by atoms with Crippen LogP contribution >= 0.6 is 24.0 Å². The maximum absolute atomic E-state index is 5.54. The average Bonchev–Trinajstić information content (AvgIpc) is 2.63. The summed E-state index contributed by atoms with van der Waals surface area (Å²) in [5, 5.41) is 6.80. The Hall–Kier alpha value is -0.860. The number of benzene rings is 1. The van der Waals surface area contributed by atoms with Gasteiger partial charge in [0.15, 0.2) is 5.96 Å². The number of aryl methyl sites for hydroxylation is 1. The molecule has 0 radical (unpaired) electrons. The molecule has 2 rings (SSSR count). The number of morpholine rings is 1. The fraction of sp³-hybridized carbons (Fsp3) is 0.650. The first-order chi connectivity index (χ1) is 12.2. The van der Waals surface area contributed by atoms with Crippen LogP contribution in [0.3, 0.4) is 0 Å². The van der Waals surface area contributed by atoms with Crippen molar-refractivity contribution in [3.63, 3.8) is 0 Å². The van der Waals surface area contributed by atoms with Gasteiger partial charge < -0.3 is 15.4 Å². The van der Waals surface area contributed by atoms with Crippen molar-refractivity contribution in [3.05, 3.63) is 35.4 Å². The van der Waals surface area contributed by atoms with Crippen LogP contribution in [0.5, 0.6) is 0 Å². The Morgan fingerprint density at radius 2 is 2.00 bits per heavy atom. The number of aliphatic imine (C=N–C) groups is 1. The number of halogens is 1. The molecular weight excluding hydrogens is 439 g/mol. The van der Waals surface area contributed by atoms with Crippen LogP contribution in [-0.4, -0.2) is 56.8 Å². The third-order valence-electron chi connectivity index (χ3n) is 4.50. The van der Waals surface area contributed by atoms with Crippen molar-refractivity contribution in [1.29, 1.82) is 0 Å². The van der Waals surface area contributed by atoms with E-state index in [-0.39, 0.29) is 24.0 Å². The van der Waals surface area contributed by atoms with E-state index in [2.05, 4.69) is 60.6 Å². The van der Waals surface area contributed by atoms with Gasteiger partial charge >= 0.3 is 0 Å². The molecule has 0 aliphatic carbocycles. The van der Waals surface area contributed by atoms with Crippen LogP contribution < -0.4 is 10.6 Å². The van der Waals surface area contributed by atoms with E-state index < -0.39 is 0 Å². The molecular formula is C20H35IN4O. The number of hydrogen-bond donors (Lipinski definition) is 2. The maximum atomic E-state index is 5.54. The average molecular weight is 474 g/mol. The minimum absolute atomic E-state index is 0. The summed E-state index contributed by atoms with van der Waals surface area (Å²) < 4.78 is 5.54. The zero-order valence-corrected chi connectivity index (χ0v) is 18.8. The van der Waals surface area contributed by atoms with Crippen LogP contribution in [0.15, 0.2) is 29.3 Å². The van der Waals surface area contributed by atoms with Crippen LogP contribution in [0.1, 0.15) is 43.9 Å². The van der Waals surface area contributed by atoms with Gasteiger partial charge in [0.2, 0.25) is 0 Å². The number of ether oxygens (including phenoxy) is 1. The summed E-state index contributed by atoms with van der Waals surface area (Å²) in [4.78, 5) is 7.38. The normalized spacial score (nSPS) is 16.7. The van der Waals surface area contributed by atoms with E-state index >= 15 is 0 Å². The summed E-state index contributed by atoms with van der Waals surface area (Å²) in [5.41, 5.74) is 2.64. The van der Waals surface area contributed by atoms with Crippen LogP contribution in [0.25, 0.3) is 0 Å². The fourth-order valence-corrected chi connectivity index (χ4v) is 3.10. The Morgan fingerprint density at radius 1 is 1.23 bits per heavy atom. The third-order valence-corrected chi connectivity index (χ3v) is 4.50. The van der Waals surface area contributed by atoms with Gasteiger partial charge in [-0.25, -0.2) is 0 Å². The van der Waals surface area contributed by atoms with Crippen LogP contribution in [0.4, 0.5) is 0 Å². The number of rotatable bonds is 8. The van der Waals surface area contributed by atoms with Crippen LogP contribution in [-0.2, 0) is 4.74 Å². The van der Waals surface area contributed by atoms with Crippen LogP contribution in [0.2, 0.25) is 0 Å². The van der Waals surface area contributed by atoms with Crippen LogP contribution in [0, 0.1) is 6.92 Å². The number of nitrogens with zero attached hydrogens (tertiary/aromatic N) is 2. The van der Waals surface area contributed by atoms with Gasteiger partial charge in [-0.3, -0.25) is 9.89 Å². The lowest BCUT2D eigenvalue weighted by Gasteiger charge is -2.34. The molecule has 0 bridgehead atoms. The highest BCUT2D eigenvalue weighted by atomic mass is 127. The van der Waals surface area contributed by atoms with E-state index in [1.165, 1.54) is 17.5 Å². The van der Waals surface area contributed by atoms with Gasteiger partial charge in [-0.1, -0.05) is 43.2 Å². The Morgan fingerprint density at radius 3 is 2.65 bits per heavy atom. The van der Waals surface area contributed by atoms with Gasteiger partial charge in [-0.05, 0) is 25.8 Å². The van der Waals surface area contributed by atoms with Crippen molar-refractivity contribution in [2.75, 3.05) is 45.9 Å². The molecule has 1 aliphatic heterocycles. The smallest absolute Gasteiger partial charge is 0.191 e. The second-order valence-electron chi connectivity index (χ2n) is 6.58. The molecule has 1 unspecified atom stereocenters. The molecule has 1 aromatic rings. The Kier molecular flexibility index (Phi) is 11.9. The van der Waals surface area contributed by atoms with Gasteiger partial charge in [0.25, 0.3) is 0 Å². The van der Waals surface area contributed by atoms with Gasteiger partial charge in [0.05, 0.1) is 25.8 Å². The lowest BCUT2D eigenvalue weighted by Crippen LogP contribution is -2.42. The summed E-state index contributed by atoms with van der Waals surface area (Å²) in [5.74, 6) is 0.918. The Bertz CT molecular complexity index is 532. The fourth-order valence-electron chi connectivity index (χ4n) is 3.10. The van der Waals surface area contributed by atoms with Gasteiger partial charge in [-0.2, -0.15) is 0 Å². The highest BCUT2D eigenvalue weighted by Crippen LogP contribution is 2.23. The molecule has 1 saturated heterocycles. The third kappa shape index (κ3) is 7.80. The van der Waals surface area contributed by atoms with Crippen molar-refractivity contribution in [3.8, 4) is 0 Å². The molecule has 26 heavy (non-hydrogen) atoms. The quantitative estimate of drug-likeness (QED) is 0.263. The molecule has 1 atom stereocenters. The molecule has 0 saturated carbocycles. The topological polar surface area (TPSA) is 48.9 Å². The maximum Gasteiger partial charge on any atom is 0.191 e. The summed E-state index contributed by atoms with van der Waals surface area (Å²) in [6.07, 6.45) is 2.35. The molecule has 1 fully saturated rings. The minimum Gasteiger partial charge on any atom is -0.379 e. The monoisotopic (exact) mass is 474 g/mol. The molecule has 0 spiro atoms. The molecule has 5 nitrogen and oxygen atoms in total. The predicted molar refractivity (Wildman–Crippen MR) is 121 cm³/mol. The van der Waals surface area contributed by atoms with Crippen molar-refractivity contribution in [2.45, 2.75) is 39.7 Å². The molecule has 6 heteroatoms. The molecule has 0 aromatic heterocycles. The zero-order valence-electron chi connectivity index (χ0n) is 16.5. The van der Waals surface area contributed by atoms with E-state index in [1.54, 1.807) is 0 Å². The molecule has 1 heterocycles. The van der Waals surface area contributed by atoms with Gasteiger partial charge in [-0.15, -0.1) is 24.0 Å². The van der Waals surface area contributed by atoms with E-state index in [0.717, 1.165) is 58.3 Å². The second kappa shape index (κ2) is 13.3. The largest absolute Gasteiger partial charge is 0.379 e. The minimum atomic E-state index is 0. The summed E-state index contributed by atoms with van der Waals surface area (Å²) in [7, 11) is 0. The lowest BCUT2D eigenvalue weighted by atomic mass is 10.0. The second-order valence-corrected chi connectivity index (χ2v) is 6.58. The number of guanidine groups is 1. The first-order valence-corrected chi connectivity index (χ1v) is 9.65. The van der Waals surface area contributed by atoms with Gasteiger partial charge in [0, 0.05) is 26.2 Å². The van der Waals surface area contributed by atoms with Crippen molar-refractivity contribution >= 4 is 29.9 Å². The number of nitrogens with one attached hydrogen (secondary N) is 2. The number of hydrogen-bond acceptors (Lipinski definition) is 3. The highest BCUT2D eigenvalue weighted by Gasteiger charge is 2.22. The first-order valence-electron chi connectivity index (χ1n) is 9.65. The molecule has 148 valence electrons. The SMILES string of the molecule is CCCCNC(=NCC(c1cccc(C)c1)N1CCOCC1)NCC.I. The van der Waals surface area contributed by atoms with Gasteiger partial charge in [0.1, 0.15) is 0 Å². The summed E-state index contributed by atoms with van der Waals surface area (Å²) in [6, 6.07) is 9.10. The predicted octanol–water partition coefficient (Wildman–Crippen LogP) is 3.34. The van der Waals surface area contributed by atoms with E-state index in [0.29, 0.717) is 6.04 Å². The Labute approximate surface area is 176 Å². The van der Waals surface area contributed by atoms with E-state index in [1.807, 2.05) is 0 Å². The lowest BCUT2D eigenvalue weighted by molar-refractivity contribution is 0.0179. The summed E-state index contributed by atoms with van der Waals surface area (Å²) >= 11 is 0. The molecule has 1 aliphatic rings. The van der Waals surface area contributed by atoms with Crippen molar-refractivity contribution in [2.24, 2.45) is 4.99 Å². The van der Waals surface area contributed by atoms with Crippen molar-refractivity contribution in [1.82, 2.24) is 15.5 Å². The molecule has 2 N–H and O–H groups in total. The molecule has 1 aromatic carbocycles. The van der Waals surface area contributed by atoms with E-state index in [4.69, 9.17) is 9.73 Å². The summed E-state index contributed by atoms with van der Waals surface area (Å²) in [6.45, 7) is 12.6. The zero-order chi connectivity index (χ0) is 17.9. The molecule has 0 amide bonds. The highest BCUT2D eigenvalue weighted by molar-refractivity contribution is 14.0.